The molecular formula is C28H26N2S3. The van der Waals surface area contributed by atoms with Crippen molar-refractivity contribution in [2.24, 2.45) is 5.92 Å². The summed E-state index contributed by atoms with van der Waals surface area (Å²) in [6.07, 6.45) is 2.87. The molecule has 0 amide bonds. The smallest absolute Gasteiger partial charge is 0.116 e. The molecule has 0 radical (unpaired) electrons. The van der Waals surface area contributed by atoms with Gasteiger partial charge < -0.3 is 0 Å². The Hall–Kier alpha value is -2.34. The summed E-state index contributed by atoms with van der Waals surface area (Å²) in [6.45, 7) is 11.5. The zero-order valence-electron chi connectivity index (χ0n) is 19.5. The van der Waals surface area contributed by atoms with E-state index in [4.69, 9.17) is 9.97 Å². The standard InChI is InChI=1S/C28H26N2S3/c1-15(2)10-19-12-16-6-7-21-22(26(16)32-19)24-27(33-21)23(29-14-30-24)18-11-17-8-9-31-25(17)20(13-18)28(3,4)5/h6-9,11-15H,10H2,1-5H3. The van der Waals surface area contributed by atoms with E-state index in [2.05, 4.69) is 76.4 Å². The molecule has 6 rings (SSSR count). The van der Waals surface area contributed by atoms with Crippen molar-refractivity contribution < 1.29 is 0 Å². The number of nitrogens with zero attached hydrogens (tertiary/aromatic N) is 2. The average molecular weight is 487 g/mol. The Bertz CT molecular complexity index is 1660. The topological polar surface area (TPSA) is 25.8 Å². The highest BCUT2D eigenvalue weighted by atomic mass is 32.1. The summed E-state index contributed by atoms with van der Waals surface area (Å²) in [6, 6.07) is 13.8. The maximum Gasteiger partial charge on any atom is 0.116 e. The fraction of sp³-hybridized carbons (Fsp3) is 0.286. The first-order valence-electron chi connectivity index (χ1n) is 11.4. The van der Waals surface area contributed by atoms with Gasteiger partial charge >= 0.3 is 0 Å². The highest BCUT2D eigenvalue weighted by Gasteiger charge is 2.22. The second-order valence-electron chi connectivity index (χ2n) is 10.3. The number of hydrogen-bond donors (Lipinski definition) is 0. The van der Waals surface area contributed by atoms with Crippen LogP contribution in [0.2, 0.25) is 0 Å². The van der Waals surface area contributed by atoms with Crippen LogP contribution in [0.5, 0.6) is 0 Å². The van der Waals surface area contributed by atoms with Gasteiger partial charge in [0, 0.05) is 29.9 Å². The molecule has 5 heteroatoms. The van der Waals surface area contributed by atoms with Gasteiger partial charge in [0.25, 0.3) is 0 Å². The molecule has 166 valence electrons. The second kappa shape index (κ2) is 7.59. The summed E-state index contributed by atoms with van der Waals surface area (Å²) < 4.78 is 5.23. The van der Waals surface area contributed by atoms with Crippen LogP contribution in [-0.2, 0) is 11.8 Å². The number of benzene rings is 2. The van der Waals surface area contributed by atoms with Gasteiger partial charge in [0.2, 0.25) is 0 Å². The molecule has 6 aromatic rings. The Balaban J connectivity index is 1.63. The van der Waals surface area contributed by atoms with Gasteiger partial charge in [-0.05, 0) is 69.8 Å². The molecule has 0 saturated heterocycles. The van der Waals surface area contributed by atoms with Gasteiger partial charge in [-0.3, -0.25) is 0 Å². The van der Waals surface area contributed by atoms with Gasteiger partial charge in [-0.2, -0.15) is 0 Å². The van der Waals surface area contributed by atoms with E-state index in [0.29, 0.717) is 5.92 Å². The molecule has 0 aliphatic rings. The van der Waals surface area contributed by atoms with Gasteiger partial charge in [0.1, 0.15) is 6.33 Å². The van der Waals surface area contributed by atoms with Crippen LogP contribution in [0.25, 0.3) is 51.7 Å². The van der Waals surface area contributed by atoms with E-state index in [0.717, 1.165) is 17.6 Å². The minimum Gasteiger partial charge on any atom is -0.235 e. The summed E-state index contributed by atoms with van der Waals surface area (Å²) in [7, 11) is 0. The number of thiophene rings is 3. The monoisotopic (exact) mass is 486 g/mol. The summed E-state index contributed by atoms with van der Waals surface area (Å²) in [4.78, 5) is 11.1. The van der Waals surface area contributed by atoms with E-state index < -0.39 is 0 Å². The van der Waals surface area contributed by atoms with Crippen LogP contribution in [-0.4, -0.2) is 9.97 Å². The number of fused-ring (bicyclic) bond motifs is 6. The molecule has 4 heterocycles. The summed E-state index contributed by atoms with van der Waals surface area (Å²) in [5, 5.41) is 6.12. The number of rotatable bonds is 3. The van der Waals surface area contributed by atoms with Crippen molar-refractivity contribution in [2.45, 2.75) is 46.5 Å². The molecule has 0 aliphatic heterocycles. The molecule has 2 nitrogen and oxygen atoms in total. The number of hydrogen-bond acceptors (Lipinski definition) is 5. The van der Waals surface area contributed by atoms with Crippen LogP contribution in [0.4, 0.5) is 0 Å². The lowest BCUT2D eigenvalue weighted by atomic mass is 9.85. The molecule has 4 aromatic heterocycles. The van der Waals surface area contributed by atoms with E-state index in [1.54, 1.807) is 6.33 Å². The summed E-state index contributed by atoms with van der Waals surface area (Å²) in [5.41, 5.74) is 4.78. The minimum atomic E-state index is 0.0708. The maximum absolute atomic E-state index is 4.82. The lowest BCUT2D eigenvalue weighted by molar-refractivity contribution is 0.597. The fourth-order valence-electron chi connectivity index (χ4n) is 4.69. The molecule has 0 N–H and O–H groups in total. The highest BCUT2D eigenvalue weighted by molar-refractivity contribution is 7.28. The van der Waals surface area contributed by atoms with Gasteiger partial charge in [0.15, 0.2) is 0 Å². The predicted octanol–water partition coefficient (Wildman–Crippen LogP) is 9.44. The normalized spacial score (nSPS) is 12.8. The molecule has 0 fully saturated rings. The van der Waals surface area contributed by atoms with Crippen LogP contribution in [0.1, 0.15) is 45.1 Å². The summed E-state index contributed by atoms with van der Waals surface area (Å²) in [5.74, 6) is 0.658. The molecule has 0 aliphatic carbocycles. The molecule has 0 saturated carbocycles. The Morgan fingerprint density at radius 3 is 2.48 bits per heavy atom. The van der Waals surface area contributed by atoms with Crippen LogP contribution < -0.4 is 0 Å². The first-order valence-corrected chi connectivity index (χ1v) is 13.9. The van der Waals surface area contributed by atoms with E-state index in [1.165, 1.54) is 51.0 Å². The van der Waals surface area contributed by atoms with E-state index >= 15 is 0 Å². The Morgan fingerprint density at radius 1 is 0.879 bits per heavy atom. The predicted molar refractivity (Wildman–Crippen MR) is 148 cm³/mol. The molecule has 0 spiro atoms. The van der Waals surface area contributed by atoms with Crippen molar-refractivity contribution >= 4 is 74.5 Å². The van der Waals surface area contributed by atoms with Crippen molar-refractivity contribution in [1.29, 1.82) is 0 Å². The lowest BCUT2D eigenvalue weighted by Gasteiger charge is -2.21. The quantitative estimate of drug-likeness (QED) is 0.249. The molecule has 0 bridgehead atoms. The third-order valence-corrected chi connectivity index (χ3v) is 9.50. The Kier molecular flexibility index (Phi) is 4.88. The maximum atomic E-state index is 4.82. The van der Waals surface area contributed by atoms with Crippen molar-refractivity contribution in [3.05, 3.63) is 58.5 Å². The third kappa shape index (κ3) is 3.49. The Morgan fingerprint density at radius 2 is 1.70 bits per heavy atom. The minimum absolute atomic E-state index is 0.0708. The summed E-state index contributed by atoms with van der Waals surface area (Å²) >= 11 is 5.59. The SMILES string of the molecule is CC(C)Cc1cc2ccc3sc4c(-c5cc(C(C)(C)C)c6sccc6c5)ncnc4c3c2s1. The Labute approximate surface area is 205 Å². The second-order valence-corrected chi connectivity index (χ2v) is 13.4. The molecule has 33 heavy (non-hydrogen) atoms. The van der Waals surface area contributed by atoms with Crippen molar-refractivity contribution in [1.82, 2.24) is 9.97 Å². The van der Waals surface area contributed by atoms with E-state index in [9.17, 15) is 0 Å². The molecular weight excluding hydrogens is 461 g/mol. The van der Waals surface area contributed by atoms with Crippen molar-refractivity contribution in [3.63, 3.8) is 0 Å². The zero-order valence-corrected chi connectivity index (χ0v) is 22.0. The number of aromatic nitrogens is 2. The van der Waals surface area contributed by atoms with E-state index in [-0.39, 0.29) is 5.41 Å². The van der Waals surface area contributed by atoms with Gasteiger partial charge in [-0.25, -0.2) is 9.97 Å². The van der Waals surface area contributed by atoms with Crippen LogP contribution in [0, 0.1) is 5.92 Å². The van der Waals surface area contributed by atoms with Gasteiger partial charge in [-0.15, -0.1) is 34.0 Å². The molecule has 0 atom stereocenters. The highest BCUT2D eigenvalue weighted by Crippen LogP contribution is 2.45. The first-order chi connectivity index (χ1) is 15.8. The largest absolute Gasteiger partial charge is 0.235 e. The lowest BCUT2D eigenvalue weighted by Crippen LogP contribution is -2.11. The first kappa shape index (κ1) is 21.2. The zero-order chi connectivity index (χ0) is 22.9. The van der Waals surface area contributed by atoms with Crippen LogP contribution in [0.3, 0.4) is 0 Å². The third-order valence-electron chi connectivity index (χ3n) is 6.19. The van der Waals surface area contributed by atoms with Crippen LogP contribution in [0.15, 0.2) is 48.1 Å². The van der Waals surface area contributed by atoms with Gasteiger partial charge in [-0.1, -0.05) is 40.7 Å². The fourth-order valence-corrected chi connectivity index (χ4v) is 8.45. The van der Waals surface area contributed by atoms with E-state index in [1.807, 2.05) is 34.0 Å². The van der Waals surface area contributed by atoms with Crippen LogP contribution >= 0.6 is 34.0 Å². The average Bonchev–Trinajstić information content (AvgIpc) is 3.46. The van der Waals surface area contributed by atoms with Crippen molar-refractivity contribution in [2.75, 3.05) is 0 Å². The molecule has 0 unspecified atom stereocenters. The molecule has 2 aromatic carbocycles. The van der Waals surface area contributed by atoms with Gasteiger partial charge in [0.05, 0.1) is 15.9 Å². The van der Waals surface area contributed by atoms with Crippen molar-refractivity contribution in [3.8, 4) is 11.3 Å².